The van der Waals surface area contributed by atoms with Crippen LogP contribution in [0.4, 0.5) is 0 Å². The number of nitrogens with one attached hydrogen (secondary N) is 2. The van der Waals surface area contributed by atoms with Gasteiger partial charge in [-0.25, -0.2) is 9.78 Å². The summed E-state index contributed by atoms with van der Waals surface area (Å²) in [5, 5.41) is 12.5. The molecule has 0 bridgehead atoms. The molecule has 230 valence electrons. The lowest BCUT2D eigenvalue weighted by atomic mass is 10.0. The van der Waals surface area contributed by atoms with Crippen LogP contribution in [0.5, 0.6) is 0 Å². The maximum absolute atomic E-state index is 14.0. The molecule has 3 aliphatic rings. The Labute approximate surface area is 249 Å². The molecule has 4 amide bonds. The molecular weight excluding hydrogens is 554 g/mol. The minimum Gasteiger partial charge on any atom is -0.480 e. The van der Waals surface area contributed by atoms with Gasteiger partial charge >= 0.3 is 5.97 Å². The fourth-order valence-electron chi connectivity index (χ4n) is 6.52. The summed E-state index contributed by atoms with van der Waals surface area (Å²) in [7, 11) is 0. The Bertz CT molecular complexity index is 1320. The van der Waals surface area contributed by atoms with Crippen LogP contribution in [0.3, 0.4) is 0 Å². The standard InChI is InChI=1S/C30H39N7O6/c31-21(15-19-7-2-1-3-8-19)27(39)35-12-4-9-23(35)26(38)34-22(16-20-17-32-18-33-20)28(40)36-13-5-10-24(36)29(41)37-14-6-11-25(37)30(42)43/h1-3,7-8,17-18,21-25H,4-6,9-16,31H2,(H,32,33)(H,34,38)(H,42,43)/t21-,22-,23-,24-,25-/m0/s1. The van der Waals surface area contributed by atoms with E-state index in [1.54, 1.807) is 6.20 Å². The maximum Gasteiger partial charge on any atom is 0.326 e. The van der Waals surface area contributed by atoms with Crippen LogP contribution in [0.15, 0.2) is 42.9 Å². The highest BCUT2D eigenvalue weighted by molar-refractivity contribution is 5.96. The van der Waals surface area contributed by atoms with Crippen molar-refractivity contribution in [2.45, 2.75) is 81.6 Å². The van der Waals surface area contributed by atoms with Gasteiger partial charge in [-0.15, -0.1) is 0 Å². The first kappa shape index (κ1) is 30.2. The summed E-state index contributed by atoms with van der Waals surface area (Å²) in [4.78, 5) is 77.5. The van der Waals surface area contributed by atoms with Crippen LogP contribution in [-0.4, -0.2) is 109 Å². The third-order valence-electron chi connectivity index (χ3n) is 8.68. The summed E-state index contributed by atoms with van der Waals surface area (Å²) in [5.41, 5.74) is 7.74. The SMILES string of the molecule is N[C@@H](Cc1ccccc1)C(=O)N1CCC[C@H]1C(=O)N[C@@H](Cc1c[nH]cn1)C(=O)N1CCC[C@H]1C(=O)N1CCC[C@H]1C(=O)O. The normalized spacial score (nSPS) is 23.3. The summed E-state index contributed by atoms with van der Waals surface area (Å²) < 4.78 is 0. The number of carboxylic acid groups (broad SMARTS) is 1. The van der Waals surface area contributed by atoms with Gasteiger partial charge in [0.15, 0.2) is 0 Å². The van der Waals surface area contributed by atoms with Gasteiger partial charge in [0.25, 0.3) is 0 Å². The number of likely N-dealkylation sites (tertiary alicyclic amines) is 3. The number of hydrogen-bond donors (Lipinski definition) is 4. The van der Waals surface area contributed by atoms with Gasteiger partial charge in [-0.3, -0.25) is 19.2 Å². The van der Waals surface area contributed by atoms with Crippen molar-refractivity contribution in [3.63, 3.8) is 0 Å². The van der Waals surface area contributed by atoms with E-state index in [2.05, 4.69) is 15.3 Å². The molecule has 0 saturated carbocycles. The number of hydrogen-bond acceptors (Lipinski definition) is 7. The van der Waals surface area contributed by atoms with Crippen LogP contribution in [0.25, 0.3) is 0 Å². The molecular formula is C30H39N7O6. The lowest BCUT2D eigenvalue weighted by molar-refractivity contribution is -0.152. The first-order valence-electron chi connectivity index (χ1n) is 15.0. The van der Waals surface area contributed by atoms with Crippen LogP contribution >= 0.6 is 0 Å². The number of benzene rings is 1. The summed E-state index contributed by atoms with van der Waals surface area (Å²) in [6.45, 7) is 1.04. The largest absolute Gasteiger partial charge is 0.480 e. The first-order chi connectivity index (χ1) is 20.7. The molecule has 1 aromatic carbocycles. The van der Waals surface area contributed by atoms with Gasteiger partial charge in [-0.2, -0.15) is 0 Å². The Morgan fingerprint density at radius 3 is 2.16 bits per heavy atom. The quantitative estimate of drug-likeness (QED) is 0.298. The number of nitrogens with two attached hydrogens (primary N) is 1. The fourth-order valence-corrected chi connectivity index (χ4v) is 6.52. The number of H-pyrrole nitrogens is 1. The van der Waals surface area contributed by atoms with Crippen molar-refractivity contribution in [2.75, 3.05) is 19.6 Å². The molecule has 0 spiro atoms. The number of aromatic nitrogens is 2. The molecule has 3 aliphatic heterocycles. The second-order valence-electron chi connectivity index (χ2n) is 11.5. The molecule has 0 unspecified atom stereocenters. The minimum atomic E-state index is -1.05. The molecule has 5 rings (SSSR count). The molecule has 2 aromatic rings. The molecule has 5 atom stereocenters. The zero-order valence-corrected chi connectivity index (χ0v) is 24.1. The van der Waals surface area contributed by atoms with Crippen molar-refractivity contribution in [3.8, 4) is 0 Å². The van der Waals surface area contributed by atoms with E-state index in [1.165, 1.54) is 21.0 Å². The number of carbonyl (C=O) groups is 5. The number of rotatable bonds is 10. The van der Waals surface area contributed by atoms with Gasteiger partial charge < -0.3 is 35.8 Å². The number of amides is 4. The first-order valence-corrected chi connectivity index (χ1v) is 15.0. The van der Waals surface area contributed by atoms with Crippen molar-refractivity contribution >= 4 is 29.6 Å². The van der Waals surface area contributed by atoms with Crippen molar-refractivity contribution in [1.82, 2.24) is 30.0 Å². The van der Waals surface area contributed by atoms with Crippen LogP contribution in [0.2, 0.25) is 0 Å². The van der Waals surface area contributed by atoms with E-state index >= 15 is 0 Å². The van der Waals surface area contributed by atoms with Crippen molar-refractivity contribution < 1.29 is 29.1 Å². The molecule has 3 fully saturated rings. The molecule has 13 nitrogen and oxygen atoms in total. The molecule has 0 radical (unpaired) electrons. The number of aromatic amines is 1. The molecule has 3 saturated heterocycles. The van der Waals surface area contributed by atoms with Gasteiger partial charge in [-0.1, -0.05) is 30.3 Å². The Hall–Kier alpha value is -4.26. The van der Waals surface area contributed by atoms with E-state index in [1.807, 2.05) is 30.3 Å². The predicted molar refractivity (Wildman–Crippen MR) is 154 cm³/mol. The zero-order chi connectivity index (χ0) is 30.5. The van der Waals surface area contributed by atoms with E-state index in [0.717, 1.165) is 5.56 Å². The molecule has 5 N–H and O–H groups in total. The molecule has 13 heteroatoms. The summed E-state index contributed by atoms with van der Waals surface area (Å²) in [6.07, 6.45) is 6.58. The number of nitrogens with zero attached hydrogens (tertiary/aromatic N) is 4. The summed E-state index contributed by atoms with van der Waals surface area (Å²) in [5.74, 6) is -2.64. The van der Waals surface area contributed by atoms with Gasteiger partial charge in [0, 0.05) is 32.3 Å². The monoisotopic (exact) mass is 593 g/mol. The van der Waals surface area contributed by atoms with E-state index in [9.17, 15) is 29.1 Å². The predicted octanol–water partition coefficient (Wildman–Crippen LogP) is 0.0646. The highest BCUT2D eigenvalue weighted by atomic mass is 16.4. The number of carboxylic acids is 1. The molecule has 0 aliphatic carbocycles. The van der Waals surface area contributed by atoms with Crippen molar-refractivity contribution in [1.29, 1.82) is 0 Å². The lowest BCUT2D eigenvalue weighted by Gasteiger charge is -2.33. The summed E-state index contributed by atoms with van der Waals surface area (Å²) in [6, 6.07) is 5.12. The Morgan fingerprint density at radius 2 is 1.51 bits per heavy atom. The average Bonchev–Trinajstić information content (AvgIpc) is 3.82. The number of carbonyl (C=O) groups excluding carboxylic acids is 4. The van der Waals surface area contributed by atoms with Crippen LogP contribution in [0, 0.1) is 0 Å². The second-order valence-corrected chi connectivity index (χ2v) is 11.5. The zero-order valence-electron chi connectivity index (χ0n) is 24.1. The highest BCUT2D eigenvalue weighted by Crippen LogP contribution is 2.26. The molecule has 1 aromatic heterocycles. The van der Waals surface area contributed by atoms with E-state index in [0.29, 0.717) is 70.3 Å². The maximum atomic E-state index is 14.0. The Balaban J connectivity index is 1.29. The number of aliphatic carboxylic acids is 1. The Morgan fingerprint density at radius 1 is 0.884 bits per heavy atom. The smallest absolute Gasteiger partial charge is 0.326 e. The van der Waals surface area contributed by atoms with Gasteiger partial charge in [0.2, 0.25) is 23.6 Å². The summed E-state index contributed by atoms with van der Waals surface area (Å²) >= 11 is 0. The van der Waals surface area contributed by atoms with Gasteiger partial charge in [-0.05, 0) is 50.5 Å². The third kappa shape index (κ3) is 6.71. The van der Waals surface area contributed by atoms with Crippen LogP contribution in [0.1, 0.15) is 49.8 Å². The van der Waals surface area contributed by atoms with E-state index < -0.39 is 48.0 Å². The van der Waals surface area contributed by atoms with Crippen LogP contribution in [-0.2, 0) is 36.8 Å². The highest BCUT2D eigenvalue weighted by Gasteiger charge is 2.44. The van der Waals surface area contributed by atoms with Crippen molar-refractivity contribution in [3.05, 3.63) is 54.1 Å². The average molecular weight is 594 g/mol. The van der Waals surface area contributed by atoms with Gasteiger partial charge in [0.1, 0.15) is 24.2 Å². The lowest BCUT2D eigenvalue weighted by Crippen LogP contribution is -2.58. The number of imidazole rings is 1. The fraction of sp³-hybridized carbons (Fsp3) is 0.533. The topological polar surface area (TPSA) is 182 Å². The van der Waals surface area contributed by atoms with Crippen LogP contribution < -0.4 is 11.1 Å². The van der Waals surface area contributed by atoms with E-state index in [-0.39, 0.29) is 18.2 Å². The minimum absolute atomic E-state index is 0.0845. The second kappa shape index (κ2) is 13.4. The molecule has 43 heavy (non-hydrogen) atoms. The Kier molecular flexibility index (Phi) is 9.39. The van der Waals surface area contributed by atoms with Crippen molar-refractivity contribution in [2.24, 2.45) is 5.73 Å². The van der Waals surface area contributed by atoms with Gasteiger partial charge in [0.05, 0.1) is 18.1 Å². The van der Waals surface area contributed by atoms with E-state index in [4.69, 9.17) is 5.73 Å². The third-order valence-corrected chi connectivity index (χ3v) is 8.68. The molecule has 4 heterocycles.